The van der Waals surface area contributed by atoms with Crippen LogP contribution < -0.4 is 10.6 Å². The molecule has 4 heteroatoms. The number of hydrogen-bond acceptors (Lipinski definition) is 3. The number of hydrogen-bond donors (Lipinski definition) is 0. The van der Waals surface area contributed by atoms with E-state index < -0.39 is 0 Å². The molecule has 0 radical (unpaired) electrons. The summed E-state index contributed by atoms with van der Waals surface area (Å²) in [6.07, 6.45) is 1.56. The fourth-order valence-electron chi connectivity index (χ4n) is 1.52. The molecule has 0 N–H and O–H groups in total. The average Bonchev–Trinajstić information content (AvgIpc) is 2.32. The van der Waals surface area contributed by atoms with E-state index in [4.69, 9.17) is 0 Å². The van der Waals surface area contributed by atoms with Gasteiger partial charge in [-0.25, -0.2) is 9.78 Å². The van der Waals surface area contributed by atoms with E-state index in [1.165, 1.54) is 0 Å². The van der Waals surface area contributed by atoms with E-state index in [1.54, 1.807) is 10.8 Å². The summed E-state index contributed by atoms with van der Waals surface area (Å²) < 4.78 is 1.70. The van der Waals surface area contributed by atoms with Crippen LogP contribution in [0.2, 0.25) is 0 Å². The zero-order valence-corrected chi connectivity index (χ0v) is 7.19. The maximum atomic E-state index is 11.2. The van der Waals surface area contributed by atoms with Gasteiger partial charge in [-0.3, -0.25) is 4.57 Å². The van der Waals surface area contributed by atoms with Gasteiger partial charge in [0.1, 0.15) is 5.82 Å². The van der Waals surface area contributed by atoms with Crippen LogP contribution in [0.15, 0.2) is 17.1 Å². The molecule has 1 aromatic heterocycles. The number of nitrogens with zero attached hydrogens (tertiary/aromatic N) is 3. The molecule has 1 unspecified atom stereocenters. The molecule has 2 heterocycles. The molecule has 1 aliphatic rings. The first kappa shape index (κ1) is 7.34. The van der Waals surface area contributed by atoms with Gasteiger partial charge in [-0.1, -0.05) is 0 Å². The van der Waals surface area contributed by atoms with Crippen molar-refractivity contribution in [1.29, 1.82) is 0 Å². The molecule has 0 spiro atoms. The summed E-state index contributed by atoms with van der Waals surface area (Å²) in [5.41, 5.74) is -0.149. The highest BCUT2D eigenvalue weighted by Gasteiger charge is 2.22. The molecule has 64 valence electrons. The van der Waals surface area contributed by atoms with Crippen molar-refractivity contribution in [1.82, 2.24) is 9.55 Å². The van der Waals surface area contributed by atoms with Gasteiger partial charge in [-0.05, 0) is 13.0 Å². The zero-order valence-electron chi connectivity index (χ0n) is 7.19. The van der Waals surface area contributed by atoms with Crippen LogP contribution in [0.4, 0.5) is 5.82 Å². The molecule has 2 rings (SSSR count). The molecule has 4 nitrogen and oxygen atoms in total. The van der Waals surface area contributed by atoms with Crippen LogP contribution in [0, 0.1) is 0 Å². The Morgan fingerprint density at radius 3 is 3.08 bits per heavy atom. The number of aromatic nitrogens is 2. The van der Waals surface area contributed by atoms with Crippen molar-refractivity contribution in [2.24, 2.45) is 0 Å². The SMILES string of the molecule is CC1Cn2c(ccnc2=O)N1C. The smallest absolute Gasteiger partial charge is 0.349 e. The highest BCUT2D eigenvalue weighted by molar-refractivity contribution is 5.41. The van der Waals surface area contributed by atoms with Crippen molar-refractivity contribution in [2.75, 3.05) is 11.9 Å². The van der Waals surface area contributed by atoms with Crippen molar-refractivity contribution in [3.8, 4) is 0 Å². The van der Waals surface area contributed by atoms with Crippen molar-refractivity contribution in [2.45, 2.75) is 19.5 Å². The molecule has 0 aromatic carbocycles. The Bertz CT molecular complexity index is 358. The van der Waals surface area contributed by atoms with E-state index >= 15 is 0 Å². The molecule has 0 amide bonds. The Labute approximate surface area is 70.5 Å². The van der Waals surface area contributed by atoms with Crippen LogP contribution >= 0.6 is 0 Å². The van der Waals surface area contributed by atoms with Gasteiger partial charge >= 0.3 is 5.69 Å². The van der Waals surface area contributed by atoms with Gasteiger partial charge < -0.3 is 4.90 Å². The van der Waals surface area contributed by atoms with E-state index in [1.807, 2.05) is 13.1 Å². The minimum absolute atomic E-state index is 0.149. The third kappa shape index (κ3) is 0.841. The van der Waals surface area contributed by atoms with E-state index in [-0.39, 0.29) is 5.69 Å². The lowest BCUT2D eigenvalue weighted by Crippen LogP contribution is -2.23. The van der Waals surface area contributed by atoms with Crippen LogP contribution in [0.25, 0.3) is 0 Å². The lowest BCUT2D eigenvalue weighted by molar-refractivity contribution is 0.632. The Morgan fingerprint density at radius 2 is 2.42 bits per heavy atom. The van der Waals surface area contributed by atoms with Crippen molar-refractivity contribution >= 4 is 5.82 Å². The van der Waals surface area contributed by atoms with Crippen LogP contribution in [0.3, 0.4) is 0 Å². The molecule has 0 saturated carbocycles. The minimum Gasteiger partial charge on any atom is -0.356 e. The second kappa shape index (κ2) is 2.33. The first-order valence-corrected chi connectivity index (χ1v) is 3.99. The first-order chi connectivity index (χ1) is 5.70. The third-order valence-corrected chi connectivity index (χ3v) is 2.39. The molecule has 1 aromatic rings. The highest BCUT2D eigenvalue weighted by atomic mass is 16.1. The Balaban J connectivity index is 2.61. The summed E-state index contributed by atoms with van der Waals surface area (Å²) >= 11 is 0. The number of fused-ring (bicyclic) bond motifs is 1. The zero-order chi connectivity index (χ0) is 8.72. The van der Waals surface area contributed by atoms with E-state index in [2.05, 4.69) is 16.8 Å². The summed E-state index contributed by atoms with van der Waals surface area (Å²) in [6.45, 7) is 2.84. The fourth-order valence-corrected chi connectivity index (χ4v) is 1.52. The minimum atomic E-state index is -0.149. The van der Waals surface area contributed by atoms with Gasteiger partial charge in [0.2, 0.25) is 0 Å². The normalized spacial score (nSPS) is 21.2. The van der Waals surface area contributed by atoms with Crippen molar-refractivity contribution in [3.63, 3.8) is 0 Å². The summed E-state index contributed by atoms with van der Waals surface area (Å²) in [7, 11) is 1.99. The summed E-state index contributed by atoms with van der Waals surface area (Å²) in [5, 5.41) is 0. The standard InChI is InChI=1S/C8H11N3O/c1-6-5-11-7(10(6)2)3-4-9-8(11)12/h3-4,6H,5H2,1-2H3. The van der Waals surface area contributed by atoms with Gasteiger partial charge in [0.05, 0.1) is 0 Å². The van der Waals surface area contributed by atoms with Gasteiger partial charge in [-0.2, -0.15) is 0 Å². The summed E-state index contributed by atoms with van der Waals surface area (Å²) in [5.74, 6) is 0.961. The molecule has 12 heavy (non-hydrogen) atoms. The number of rotatable bonds is 0. The fraction of sp³-hybridized carbons (Fsp3) is 0.500. The lowest BCUT2D eigenvalue weighted by Gasteiger charge is -2.15. The molecule has 0 saturated heterocycles. The Hall–Kier alpha value is -1.32. The van der Waals surface area contributed by atoms with Gasteiger partial charge in [-0.15, -0.1) is 0 Å². The van der Waals surface area contributed by atoms with Crippen molar-refractivity contribution in [3.05, 3.63) is 22.7 Å². The monoisotopic (exact) mass is 165 g/mol. The molecule has 0 bridgehead atoms. The third-order valence-electron chi connectivity index (χ3n) is 2.39. The molecule has 1 atom stereocenters. The van der Waals surface area contributed by atoms with Crippen LogP contribution in [0.1, 0.15) is 6.92 Å². The van der Waals surface area contributed by atoms with Crippen molar-refractivity contribution < 1.29 is 0 Å². The van der Waals surface area contributed by atoms with Gasteiger partial charge in [0.25, 0.3) is 0 Å². The molecule has 0 fully saturated rings. The summed E-state index contributed by atoms with van der Waals surface area (Å²) in [4.78, 5) is 17.0. The Morgan fingerprint density at radius 1 is 1.67 bits per heavy atom. The van der Waals surface area contributed by atoms with Gasteiger partial charge in [0.15, 0.2) is 0 Å². The van der Waals surface area contributed by atoms with Crippen LogP contribution in [-0.4, -0.2) is 22.6 Å². The average molecular weight is 165 g/mol. The maximum Gasteiger partial charge on any atom is 0.349 e. The predicted molar refractivity (Wildman–Crippen MR) is 46.4 cm³/mol. The highest BCUT2D eigenvalue weighted by Crippen LogP contribution is 2.20. The largest absolute Gasteiger partial charge is 0.356 e. The number of anilines is 1. The lowest BCUT2D eigenvalue weighted by atomic mass is 10.3. The number of likely N-dealkylation sites (N-methyl/N-ethyl adjacent to an activating group) is 1. The molecular weight excluding hydrogens is 154 g/mol. The van der Waals surface area contributed by atoms with Crippen LogP contribution in [-0.2, 0) is 6.54 Å². The second-order valence-corrected chi connectivity index (χ2v) is 3.16. The molecule has 1 aliphatic heterocycles. The van der Waals surface area contributed by atoms with E-state index in [0.29, 0.717) is 6.04 Å². The van der Waals surface area contributed by atoms with Gasteiger partial charge in [0, 0.05) is 25.8 Å². The van der Waals surface area contributed by atoms with E-state index in [9.17, 15) is 4.79 Å². The second-order valence-electron chi connectivity index (χ2n) is 3.16. The van der Waals surface area contributed by atoms with E-state index in [0.717, 1.165) is 12.4 Å². The molecular formula is C8H11N3O. The Kier molecular flexibility index (Phi) is 1.43. The first-order valence-electron chi connectivity index (χ1n) is 3.99. The quantitative estimate of drug-likeness (QED) is 0.546. The predicted octanol–water partition coefficient (Wildman–Crippen LogP) is 0.0816. The molecule has 0 aliphatic carbocycles. The maximum absolute atomic E-state index is 11.2. The van der Waals surface area contributed by atoms with Crippen LogP contribution in [0.5, 0.6) is 0 Å². The topological polar surface area (TPSA) is 38.1 Å². The summed E-state index contributed by atoms with van der Waals surface area (Å²) in [6, 6.07) is 2.26.